The number of benzene rings is 1. The van der Waals surface area contributed by atoms with E-state index in [9.17, 15) is 0 Å². The van der Waals surface area contributed by atoms with Crippen LogP contribution in [0.4, 0.5) is 0 Å². The van der Waals surface area contributed by atoms with Gasteiger partial charge in [0.05, 0.1) is 0 Å². The van der Waals surface area contributed by atoms with Crippen LogP contribution in [-0.2, 0) is 0 Å². The number of hydrogen-bond donors (Lipinski definition) is 0. The molecule has 0 amide bonds. The summed E-state index contributed by atoms with van der Waals surface area (Å²) < 4.78 is 1.24. The third kappa shape index (κ3) is 1.56. The Labute approximate surface area is 86.8 Å². The molecule has 61 valence electrons. The Hall–Kier alpha value is -0.310. The maximum Gasteiger partial charge on any atom is 0.0208 e. The first-order chi connectivity index (χ1) is 5.81. The van der Waals surface area contributed by atoms with Crippen LogP contribution in [0, 0.1) is 9.65 Å². The van der Waals surface area contributed by atoms with Crippen LogP contribution < -0.4 is 0 Å². The van der Waals surface area contributed by atoms with Gasteiger partial charge in [0.1, 0.15) is 0 Å². The highest BCUT2D eigenvalue weighted by atomic mass is 127. The molecule has 1 fully saturated rings. The van der Waals surface area contributed by atoms with Gasteiger partial charge in [0.2, 0.25) is 0 Å². The largest absolute Gasteiger partial charge is 0.0905 e. The average molecular weight is 269 g/mol. The fourth-order valence-electron chi connectivity index (χ4n) is 1.35. The zero-order valence-corrected chi connectivity index (χ0v) is 8.97. The van der Waals surface area contributed by atoms with E-state index in [0.29, 0.717) is 0 Å². The molecule has 1 heteroatoms. The first-order valence-corrected chi connectivity index (χ1v) is 5.21. The molecule has 0 aliphatic heterocycles. The minimum Gasteiger partial charge on any atom is -0.0905 e. The standard InChI is InChI=1S/C11H10I/c1-2-8-7-10(9-3-4-9)5-6-11(8)12/h5-7,9H,1,3-4H2. The van der Waals surface area contributed by atoms with Gasteiger partial charge in [-0.25, -0.2) is 0 Å². The summed E-state index contributed by atoms with van der Waals surface area (Å²) in [6.07, 6.45) is 5.68. The molecular weight excluding hydrogens is 259 g/mol. The molecule has 0 N–H and O–H groups in total. The summed E-state index contributed by atoms with van der Waals surface area (Å²) in [5, 5.41) is 0. The number of hydrogen-bond acceptors (Lipinski definition) is 0. The Kier molecular flexibility index (Phi) is 2.22. The molecule has 0 bridgehead atoms. The van der Waals surface area contributed by atoms with Crippen LogP contribution in [0.5, 0.6) is 0 Å². The quantitative estimate of drug-likeness (QED) is 0.721. The SMILES string of the molecule is C=[C]c1cc(C2CC2)ccc1I. The van der Waals surface area contributed by atoms with Crippen molar-refractivity contribution in [2.24, 2.45) is 0 Å². The molecule has 1 aliphatic rings. The van der Waals surface area contributed by atoms with Gasteiger partial charge in [-0.2, -0.15) is 0 Å². The lowest BCUT2D eigenvalue weighted by Gasteiger charge is -2.01. The lowest BCUT2D eigenvalue weighted by molar-refractivity contribution is 1.12. The van der Waals surface area contributed by atoms with E-state index >= 15 is 0 Å². The summed E-state index contributed by atoms with van der Waals surface area (Å²) >= 11 is 2.32. The third-order valence-electron chi connectivity index (χ3n) is 2.23. The summed E-state index contributed by atoms with van der Waals surface area (Å²) in [6, 6.07) is 6.59. The van der Waals surface area contributed by atoms with Gasteiger partial charge < -0.3 is 0 Å². The lowest BCUT2D eigenvalue weighted by atomic mass is 10.1. The second kappa shape index (κ2) is 3.21. The monoisotopic (exact) mass is 269 g/mol. The van der Waals surface area contributed by atoms with Crippen molar-refractivity contribution in [1.82, 2.24) is 0 Å². The fraction of sp³-hybridized carbons (Fsp3) is 0.273. The zero-order chi connectivity index (χ0) is 8.55. The first kappa shape index (κ1) is 8.30. The summed E-state index contributed by atoms with van der Waals surface area (Å²) in [4.78, 5) is 0. The molecule has 2 rings (SSSR count). The van der Waals surface area contributed by atoms with Crippen LogP contribution in [0.3, 0.4) is 0 Å². The zero-order valence-electron chi connectivity index (χ0n) is 6.81. The van der Waals surface area contributed by atoms with Crippen molar-refractivity contribution in [1.29, 1.82) is 0 Å². The molecule has 0 atom stereocenters. The van der Waals surface area contributed by atoms with Crippen molar-refractivity contribution in [3.63, 3.8) is 0 Å². The molecule has 1 aliphatic carbocycles. The molecule has 0 heterocycles. The topological polar surface area (TPSA) is 0 Å². The molecule has 1 radical (unpaired) electrons. The maximum atomic E-state index is 3.68. The normalized spacial score (nSPS) is 16.1. The summed E-state index contributed by atoms with van der Waals surface area (Å²) in [6.45, 7) is 3.68. The Balaban J connectivity index is 2.39. The molecule has 1 aromatic rings. The average Bonchev–Trinajstić information content (AvgIpc) is 2.88. The van der Waals surface area contributed by atoms with Crippen molar-refractivity contribution >= 4 is 22.6 Å². The Morgan fingerprint density at radius 1 is 1.42 bits per heavy atom. The second-order valence-corrected chi connectivity index (χ2v) is 4.35. The van der Waals surface area contributed by atoms with Gasteiger partial charge >= 0.3 is 0 Å². The second-order valence-electron chi connectivity index (χ2n) is 3.19. The van der Waals surface area contributed by atoms with Gasteiger partial charge in [-0.05, 0) is 70.7 Å². The van der Waals surface area contributed by atoms with Crippen LogP contribution >= 0.6 is 22.6 Å². The maximum absolute atomic E-state index is 3.68. The van der Waals surface area contributed by atoms with E-state index in [1.807, 2.05) is 0 Å². The Morgan fingerprint density at radius 2 is 2.17 bits per heavy atom. The summed E-state index contributed by atoms with van der Waals surface area (Å²) in [5.74, 6) is 0.828. The van der Waals surface area contributed by atoms with E-state index in [4.69, 9.17) is 0 Å². The summed E-state index contributed by atoms with van der Waals surface area (Å²) in [7, 11) is 0. The Bertz CT molecular complexity index is 311. The number of rotatable bonds is 2. The van der Waals surface area contributed by atoms with Crippen molar-refractivity contribution in [2.75, 3.05) is 0 Å². The molecule has 1 saturated carbocycles. The first-order valence-electron chi connectivity index (χ1n) is 4.14. The minimum absolute atomic E-state index is 0.828. The molecule has 0 unspecified atom stereocenters. The van der Waals surface area contributed by atoms with E-state index in [1.54, 1.807) is 0 Å². The highest BCUT2D eigenvalue weighted by molar-refractivity contribution is 14.1. The van der Waals surface area contributed by atoms with E-state index in [0.717, 1.165) is 11.5 Å². The van der Waals surface area contributed by atoms with Crippen LogP contribution in [0.1, 0.15) is 29.9 Å². The number of halogens is 1. The molecule has 1 aromatic carbocycles. The predicted octanol–water partition coefficient (Wildman–Crippen LogP) is 3.51. The van der Waals surface area contributed by atoms with Crippen LogP contribution in [-0.4, -0.2) is 0 Å². The van der Waals surface area contributed by atoms with Crippen molar-refractivity contribution in [2.45, 2.75) is 18.8 Å². The van der Waals surface area contributed by atoms with Gasteiger partial charge in [-0.15, -0.1) is 0 Å². The molecule has 0 spiro atoms. The van der Waals surface area contributed by atoms with Gasteiger partial charge in [0.15, 0.2) is 0 Å². The highest BCUT2D eigenvalue weighted by Crippen LogP contribution is 2.40. The van der Waals surface area contributed by atoms with Crippen molar-refractivity contribution < 1.29 is 0 Å². The smallest absolute Gasteiger partial charge is 0.0208 e. The fourth-order valence-corrected chi connectivity index (χ4v) is 1.88. The lowest BCUT2D eigenvalue weighted by Crippen LogP contribution is -1.85. The van der Waals surface area contributed by atoms with Crippen molar-refractivity contribution in [3.8, 4) is 0 Å². The van der Waals surface area contributed by atoms with Gasteiger partial charge in [0, 0.05) is 3.57 Å². The van der Waals surface area contributed by atoms with E-state index in [-0.39, 0.29) is 0 Å². The molecule has 0 nitrogen and oxygen atoms in total. The van der Waals surface area contributed by atoms with E-state index in [2.05, 4.69) is 53.4 Å². The Morgan fingerprint density at radius 3 is 2.75 bits per heavy atom. The highest BCUT2D eigenvalue weighted by Gasteiger charge is 2.23. The molecular formula is C11H10I. The van der Waals surface area contributed by atoms with Crippen LogP contribution in [0.2, 0.25) is 0 Å². The minimum atomic E-state index is 0.828. The molecule has 0 saturated heterocycles. The molecule has 0 aromatic heterocycles. The van der Waals surface area contributed by atoms with E-state index < -0.39 is 0 Å². The van der Waals surface area contributed by atoms with Gasteiger partial charge in [-0.1, -0.05) is 12.6 Å². The van der Waals surface area contributed by atoms with Crippen molar-refractivity contribution in [3.05, 3.63) is 45.6 Å². The van der Waals surface area contributed by atoms with Gasteiger partial charge in [-0.3, -0.25) is 0 Å². The third-order valence-corrected chi connectivity index (χ3v) is 3.17. The van der Waals surface area contributed by atoms with E-state index in [1.165, 1.54) is 22.0 Å². The molecule has 12 heavy (non-hydrogen) atoms. The predicted molar refractivity (Wildman–Crippen MR) is 59.1 cm³/mol. The van der Waals surface area contributed by atoms with Gasteiger partial charge in [0.25, 0.3) is 0 Å². The van der Waals surface area contributed by atoms with Crippen LogP contribution in [0.15, 0.2) is 24.8 Å². The van der Waals surface area contributed by atoms with Crippen LogP contribution in [0.25, 0.3) is 0 Å². The summed E-state index contributed by atoms with van der Waals surface area (Å²) in [5.41, 5.74) is 2.61.